The molecule has 1 atom stereocenters. The van der Waals surface area contributed by atoms with Crippen LogP contribution in [0.3, 0.4) is 0 Å². The number of amides is 2. The third-order valence-electron chi connectivity index (χ3n) is 6.64. The maximum Gasteiger partial charge on any atom is 0.407 e. The number of rotatable bonds is 8. The summed E-state index contributed by atoms with van der Waals surface area (Å²) >= 11 is 0. The van der Waals surface area contributed by atoms with E-state index in [1.54, 1.807) is 7.05 Å². The first-order valence-corrected chi connectivity index (χ1v) is 11.1. The van der Waals surface area contributed by atoms with E-state index in [2.05, 4.69) is 17.4 Å². The third-order valence-corrected chi connectivity index (χ3v) is 6.64. The largest absolute Gasteiger partial charge is 0.481 e. The predicted molar refractivity (Wildman–Crippen MR) is 121 cm³/mol. The first-order chi connectivity index (χ1) is 15.8. The molecule has 0 heterocycles. The smallest absolute Gasteiger partial charge is 0.407 e. The van der Waals surface area contributed by atoms with E-state index in [-0.39, 0.29) is 37.4 Å². The number of aliphatic hydroxyl groups is 1. The lowest BCUT2D eigenvalue weighted by atomic mass is 9.79. The number of carboxylic acids is 1. The summed E-state index contributed by atoms with van der Waals surface area (Å²) in [6.07, 6.45) is -1.03. The summed E-state index contributed by atoms with van der Waals surface area (Å²) < 4.78 is 5.43. The Morgan fingerprint density at radius 1 is 1.06 bits per heavy atom. The van der Waals surface area contributed by atoms with E-state index in [1.165, 1.54) is 4.90 Å². The summed E-state index contributed by atoms with van der Waals surface area (Å²) in [4.78, 5) is 36.9. The normalized spacial score (nSPS) is 19.6. The van der Waals surface area contributed by atoms with E-state index in [0.717, 1.165) is 22.3 Å². The number of carbonyl (C=O) groups is 3. The van der Waals surface area contributed by atoms with E-state index in [0.29, 0.717) is 12.8 Å². The topological polar surface area (TPSA) is 116 Å². The van der Waals surface area contributed by atoms with Gasteiger partial charge in [0.2, 0.25) is 5.91 Å². The molecule has 0 aromatic heterocycles. The molecule has 0 spiro atoms. The summed E-state index contributed by atoms with van der Waals surface area (Å²) in [7, 11) is 1.61. The van der Waals surface area contributed by atoms with Crippen LogP contribution in [0.25, 0.3) is 11.1 Å². The van der Waals surface area contributed by atoms with Crippen LogP contribution in [0.5, 0.6) is 0 Å². The van der Waals surface area contributed by atoms with Crippen molar-refractivity contribution in [1.82, 2.24) is 10.2 Å². The Hall–Kier alpha value is -3.39. The standard InChI is InChI=1S/C25H28N2O6/c1-27(16-10-15(11-16)24(30)31)23(29)12-17(28)13-26-25(32)33-14-22-20-8-4-2-6-18(20)19-7-3-5-9-21(19)22/h2-9,15-17,22,28H,10-14H2,1H3,(H,26,32)(H,30,31). The van der Waals surface area contributed by atoms with Gasteiger partial charge >= 0.3 is 12.1 Å². The zero-order chi connectivity index (χ0) is 23.5. The van der Waals surface area contributed by atoms with Crippen LogP contribution in [-0.4, -0.2) is 65.4 Å². The molecule has 8 nitrogen and oxygen atoms in total. The third kappa shape index (κ3) is 4.85. The van der Waals surface area contributed by atoms with E-state index in [4.69, 9.17) is 9.84 Å². The van der Waals surface area contributed by atoms with E-state index in [9.17, 15) is 19.5 Å². The molecule has 2 aromatic rings. The van der Waals surface area contributed by atoms with Crippen molar-refractivity contribution in [2.45, 2.75) is 37.3 Å². The molecule has 8 heteroatoms. The van der Waals surface area contributed by atoms with Crippen molar-refractivity contribution in [1.29, 1.82) is 0 Å². The van der Waals surface area contributed by atoms with Gasteiger partial charge in [0, 0.05) is 25.6 Å². The van der Waals surface area contributed by atoms with Crippen LogP contribution in [0.1, 0.15) is 36.3 Å². The van der Waals surface area contributed by atoms with Crippen LogP contribution >= 0.6 is 0 Å². The van der Waals surface area contributed by atoms with Gasteiger partial charge in [-0.25, -0.2) is 4.79 Å². The van der Waals surface area contributed by atoms with E-state index < -0.39 is 24.1 Å². The minimum Gasteiger partial charge on any atom is -0.481 e. The molecule has 2 aliphatic rings. The van der Waals surface area contributed by atoms with Crippen molar-refractivity contribution in [2.24, 2.45) is 5.92 Å². The number of alkyl carbamates (subject to hydrolysis) is 1. The van der Waals surface area contributed by atoms with Crippen molar-refractivity contribution in [2.75, 3.05) is 20.2 Å². The van der Waals surface area contributed by atoms with Gasteiger partial charge in [0.05, 0.1) is 18.4 Å². The Bertz CT molecular complexity index is 1000. The Balaban J connectivity index is 1.22. The summed E-state index contributed by atoms with van der Waals surface area (Å²) in [5.74, 6) is -1.60. The van der Waals surface area contributed by atoms with Crippen LogP contribution in [0.4, 0.5) is 4.79 Å². The minimum absolute atomic E-state index is 0.0552. The second kappa shape index (κ2) is 9.62. The highest BCUT2D eigenvalue weighted by atomic mass is 16.5. The van der Waals surface area contributed by atoms with Gasteiger partial charge in [-0.15, -0.1) is 0 Å². The summed E-state index contributed by atoms with van der Waals surface area (Å²) in [5, 5.41) is 21.6. The number of carboxylic acid groups (broad SMARTS) is 1. The highest BCUT2D eigenvalue weighted by Gasteiger charge is 2.38. The lowest BCUT2D eigenvalue weighted by molar-refractivity contribution is -0.150. The maximum absolute atomic E-state index is 12.3. The number of fused-ring (bicyclic) bond motifs is 3. The molecule has 4 rings (SSSR count). The zero-order valence-electron chi connectivity index (χ0n) is 18.4. The van der Waals surface area contributed by atoms with Gasteiger partial charge < -0.3 is 25.2 Å². The number of benzene rings is 2. The molecule has 2 aliphatic carbocycles. The second-order valence-electron chi connectivity index (χ2n) is 8.73. The maximum atomic E-state index is 12.3. The monoisotopic (exact) mass is 452 g/mol. The Morgan fingerprint density at radius 3 is 2.21 bits per heavy atom. The number of nitrogens with one attached hydrogen (secondary N) is 1. The van der Waals surface area contributed by atoms with Crippen molar-refractivity contribution in [3.63, 3.8) is 0 Å². The quantitative estimate of drug-likeness (QED) is 0.567. The molecule has 3 N–H and O–H groups in total. The van der Waals surface area contributed by atoms with Crippen LogP contribution in [-0.2, 0) is 14.3 Å². The van der Waals surface area contributed by atoms with Gasteiger partial charge in [0.1, 0.15) is 6.61 Å². The number of hydrogen-bond acceptors (Lipinski definition) is 5. The molecule has 0 aliphatic heterocycles. The van der Waals surface area contributed by atoms with Gasteiger partial charge in [-0.2, -0.15) is 0 Å². The van der Waals surface area contributed by atoms with Crippen LogP contribution < -0.4 is 5.32 Å². The van der Waals surface area contributed by atoms with E-state index in [1.807, 2.05) is 36.4 Å². The zero-order valence-corrected chi connectivity index (χ0v) is 18.4. The number of aliphatic hydroxyl groups excluding tert-OH is 1. The second-order valence-corrected chi connectivity index (χ2v) is 8.73. The number of aliphatic carboxylic acids is 1. The molecule has 2 amide bonds. The summed E-state index contributed by atoms with van der Waals surface area (Å²) in [5.41, 5.74) is 4.50. The molecule has 33 heavy (non-hydrogen) atoms. The Labute approximate surface area is 192 Å². The molecule has 2 aromatic carbocycles. The number of nitrogens with zero attached hydrogens (tertiary/aromatic N) is 1. The fraction of sp³-hybridized carbons (Fsp3) is 0.400. The van der Waals surface area contributed by atoms with Gasteiger partial charge in [-0.1, -0.05) is 48.5 Å². The average molecular weight is 453 g/mol. The average Bonchev–Trinajstić information content (AvgIpc) is 3.08. The number of hydrogen-bond donors (Lipinski definition) is 3. The van der Waals surface area contributed by atoms with Crippen LogP contribution in [0.2, 0.25) is 0 Å². The lowest BCUT2D eigenvalue weighted by Crippen LogP contribution is -2.48. The molecule has 0 radical (unpaired) electrons. The number of carbonyl (C=O) groups excluding carboxylic acids is 2. The van der Waals surface area contributed by atoms with Crippen molar-refractivity contribution in [3.8, 4) is 11.1 Å². The Morgan fingerprint density at radius 2 is 1.64 bits per heavy atom. The lowest BCUT2D eigenvalue weighted by Gasteiger charge is -2.39. The summed E-state index contributed by atoms with van der Waals surface area (Å²) in [6.45, 7) is 0.0583. The number of ether oxygens (including phenoxy) is 1. The first-order valence-electron chi connectivity index (χ1n) is 11.1. The highest BCUT2D eigenvalue weighted by molar-refractivity contribution is 5.79. The summed E-state index contributed by atoms with van der Waals surface area (Å²) in [6, 6.07) is 16.0. The fourth-order valence-corrected chi connectivity index (χ4v) is 4.58. The molecule has 1 unspecified atom stereocenters. The molecular weight excluding hydrogens is 424 g/mol. The van der Waals surface area contributed by atoms with Crippen molar-refractivity contribution < 1.29 is 29.3 Å². The molecular formula is C25H28N2O6. The molecule has 1 fully saturated rings. The molecule has 1 saturated carbocycles. The van der Waals surface area contributed by atoms with E-state index >= 15 is 0 Å². The molecule has 0 bridgehead atoms. The van der Waals surface area contributed by atoms with Gasteiger partial charge in [-0.05, 0) is 35.1 Å². The van der Waals surface area contributed by atoms with Gasteiger partial charge in [-0.3, -0.25) is 9.59 Å². The SMILES string of the molecule is CN(C(=O)CC(O)CNC(=O)OCC1c2ccccc2-c2ccccc21)C1CC(C(=O)O)C1. The predicted octanol–water partition coefficient (Wildman–Crippen LogP) is 2.60. The van der Waals surface area contributed by atoms with Gasteiger partial charge in [0.15, 0.2) is 0 Å². The minimum atomic E-state index is -1.06. The molecule has 174 valence electrons. The van der Waals surface area contributed by atoms with Gasteiger partial charge in [0.25, 0.3) is 0 Å². The van der Waals surface area contributed by atoms with Crippen molar-refractivity contribution >= 4 is 18.0 Å². The highest BCUT2D eigenvalue weighted by Crippen LogP contribution is 2.44. The first kappa shape index (κ1) is 22.8. The van der Waals surface area contributed by atoms with Crippen LogP contribution in [0.15, 0.2) is 48.5 Å². The molecule has 0 saturated heterocycles. The van der Waals surface area contributed by atoms with Crippen molar-refractivity contribution in [3.05, 3.63) is 59.7 Å². The Kier molecular flexibility index (Phi) is 6.65. The fourth-order valence-electron chi connectivity index (χ4n) is 4.58. The van der Waals surface area contributed by atoms with Crippen LogP contribution in [0, 0.1) is 5.92 Å².